The average molecular weight is 410 g/mol. The summed E-state index contributed by atoms with van der Waals surface area (Å²) in [5.74, 6) is 0.597. The lowest BCUT2D eigenvalue weighted by atomic mass is 10.00. The number of piperidine rings is 1. The van der Waals surface area contributed by atoms with Gasteiger partial charge in [-0.15, -0.1) is 0 Å². The molecule has 6 heteroatoms. The number of amides is 2. The summed E-state index contributed by atoms with van der Waals surface area (Å²) in [4.78, 5) is 25.3. The first kappa shape index (κ1) is 21.7. The van der Waals surface area contributed by atoms with E-state index in [1.165, 1.54) is 0 Å². The molecule has 1 saturated heterocycles. The van der Waals surface area contributed by atoms with Crippen LogP contribution in [-0.4, -0.2) is 35.8 Å². The summed E-state index contributed by atoms with van der Waals surface area (Å²) in [6, 6.07) is 18.5. The van der Waals surface area contributed by atoms with E-state index in [-0.39, 0.29) is 24.2 Å². The first-order valence-corrected chi connectivity index (χ1v) is 10.6. The predicted molar refractivity (Wildman–Crippen MR) is 118 cm³/mol. The van der Waals surface area contributed by atoms with E-state index in [4.69, 9.17) is 10.5 Å². The maximum Gasteiger partial charge on any atom is 0.222 e. The van der Waals surface area contributed by atoms with Crippen molar-refractivity contribution >= 4 is 17.5 Å². The molecule has 2 amide bonds. The minimum atomic E-state index is -0.352. The molecule has 6 nitrogen and oxygen atoms in total. The van der Waals surface area contributed by atoms with Crippen molar-refractivity contribution in [1.82, 2.24) is 4.90 Å². The predicted octanol–water partition coefficient (Wildman–Crippen LogP) is 3.57. The van der Waals surface area contributed by atoms with Crippen molar-refractivity contribution < 1.29 is 14.3 Å². The van der Waals surface area contributed by atoms with Crippen LogP contribution < -0.4 is 15.8 Å². The summed E-state index contributed by atoms with van der Waals surface area (Å²) in [6.07, 6.45) is 2.45. The highest BCUT2D eigenvalue weighted by Gasteiger charge is 2.24. The van der Waals surface area contributed by atoms with Crippen molar-refractivity contribution in [3.05, 3.63) is 60.2 Å². The van der Waals surface area contributed by atoms with Gasteiger partial charge >= 0.3 is 0 Å². The smallest absolute Gasteiger partial charge is 0.222 e. The number of nitrogens with two attached hydrogens (primary N) is 1. The molecule has 1 aliphatic rings. The van der Waals surface area contributed by atoms with Gasteiger partial charge in [-0.1, -0.05) is 37.3 Å². The molecule has 2 aromatic carbocycles. The lowest BCUT2D eigenvalue weighted by molar-refractivity contribution is -0.133. The van der Waals surface area contributed by atoms with E-state index >= 15 is 0 Å². The average Bonchev–Trinajstić information content (AvgIpc) is 2.74. The van der Waals surface area contributed by atoms with Gasteiger partial charge < -0.3 is 20.7 Å². The SMILES string of the molecule is CC(CC(N)=O)CC(=O)N1CCC(Nc2ccc(OCc3ccccc3)cc2)CC1. The van der Waals surface area contributed by atoms with E-state index in [0.29, 0.717) is 19.1 Å². The highest BCUT2D eigenvalue weighted by molar-refractivity contribution is 5.78. The summed E-state index contributed by atoms with van der Waals surface area (Å²) < 4.78 is 5.83. The van der Waals surface area contributed by atoms with E-state index in [1.54, 1.807) is 0 Å². The molecule has 0 spiro atoms. The van der Waals surface area contributed by atoms with E-state index < -0.39 is 0 Å². The van der Waals surface area contributed by atoms with Crippen LogP contribution in [0, 0.1) is 5.92 Å². The second kappa shape index (κ2) is 10.7. The van der Waals surface area contributed by atoms with Gasteiger partial charge in [0.1, 0.15) is 12.4 Å². The van der Waals surface area contributed by atoms with Crippen molar-refractivity contribution in [3.8, 4) is 5.75 Å². The Morgan fingerprint density at radius 1 is 1.07 bits per heavy atom. The number of anilines is 1. The summed E-state index contributed by atoms with van der Waals surface area (Å²) in [5, 5.41) is 3.55. The van der Waals surface area contributed by atoms with Crippen LogP contribution in [-0.2, 0) is 16.2 Å². The van der Waals surface area contributed by atoms with Gasteiger partial charge in [-0.3, -0.25) is 9.59 Å². The lowest BCUT2D eigenvalue weighted by Gasteiger charge is -2.33. The van der Waals surface area contributed by atoms with Crippen molar-refractivity contribution in [2.75, 3.05) is 18.4 Å². The van der Waals surface area contributed by atoms with Crippen molar-refractivity contribution in [1.29, 1.82) is 0 Å². The molecule has 30 heavy (non-hydrogen) atoms. The third kappa shape index (κ3) is 6.79. The number of nitrogens with one attached hydrogen (secondary N) is 1. The van der Waals surface area contributed by atoms with E-state index in [0.717, 1.165) is 42.9 Å². The Bertz CT molecular complexity index is 815. The van der Waals surface area contributed by atoms with E-state index in [1.807, 2.05) is 66.4 Å². The molecule has 2 aromatic rings. The number of benzene rings is 2. The Kier molecular flexibility index (Phi) is 7.71. The van der Waals surface area contributed by atoms with Crippen molar-refractivity contribution in [2.24, 2.45) is 11.7 Å². The molecule has 0 bridgehead atoms. The first-order valence-electron chi connectivity index (χ1n) is 10.6. The molecule has 160 valence electrons. The number of nitrogens with zero attached hydrogens (tertiary/aromatic N) is 1. The summed E-state index contributed by atoms with van der Waals surface area (Å²) in [5.41, 5.74) is 7.41. The molecule has 1 atom stereocenters. The number of rotatable bonds is 9. The number of carbonyl (C=O) groups is 2. The second-order valence-corrected chi connectivity index (χ2v) is 8.08. The molecule has 0 saturated carbocycles. The van der Waals surface area contributed by atoms with Crippen LogP contribution in [0.25, 0.3) is 0 Å². The van der Waals surface area contributed by atoms with Crippen LogP contribution in [0.4, 0.5) is 5.69 Å². The molecule has 3 N–H and O–H groups in total. The third-order valence-electron chi connectivity index (χ3n) is 5.39. The molecule has 0 radical (unpaired) electrons. The molecule has 1 aliphatic heterocycles. The minimum Gasteiger partial charge on any atom is -0.489 e. The fourth-order valence-corrected chi connectivity index (χ4v) is 3.74. The highest BCUT2D eigenvalue weighted by Crippen LogP contribution is 2.21. The Morgan fingerprint density at radius 3 is 2.37 bits per heavy atom. The maximum atomic E-state index is 12.4. The molecular formula is C24H31N3O3. The third-order valence-corrected chi connectivity index (χ3v) is 5.39. The van der Waals surface area contributed by atoms with Crippen LogP contribution in [0.5, 0.6) is 5.75 Å². The number of likely N-dealkylation sites (tertiary alicyclic amines) is 1. The monoisotopic (exact) mass is 409 g/mol. The number of ether oxygens (including phenoxy) is 1. The second-order valence-electron chi connectivity index (χ2n) is 8.08. The molecular weight excluding hydrogens is 378 g/mol. The van der Waals surface area contributed by atoms with Crippen LogP contribution in [0.1, 0.15) is 38.2 Å². The highest BCUT2D eigenvalue weighted by atomic mass is 16.5. The maximum absolute atomic E-state index is 12.4. The van der Waals surface area contributed by atoms with Gasteiger partial charge in [0, 0.05) is 37.7 Å². The molecule has 3 rings (SSSR count). The summed E-state index contributed by atoms with van der Waals surface area (Å²) in [7, 11) is 0. The van der Waals surface area contributed by atoms with Crippen molar-refractivity contribution in [2.45, 2.75) is 45.3 Å². The standard InChI is InChI=1S/C24H31N3O3/c1-18(15-23(25)28)16-24(29)27-13-11-21(12-14-27)26-20-7-9-22(10-8-20)30-17-19-5-3-2-4-6-19/h2-10,18,21,26H,11-17H2,1H3,(H2,25,28). The number of carbonyl (C=O) groups excluding carboxylic acids is 2. The lowest BCUT2D eigenvalue weighted by Crippen LogP contribution is -2.42. The Morgan fingerprint density at radius 2 is 1.73 bits per heavy atom. The van der Waals surface area contributed by atoms with Gasteiger partial charge in [0.15, 0.2) is 0 Å². The number of hydrogen-bond acceptors (Lipinski definition) is 4. The van der Waals surface area contributed by atoms with Crippen LogP contribution in [0.15, 0.2) is 54.6 Å². The number of primary amides is 1. The zero-order chi connectivity index (χ0) is 21.3. The molecule has 1 unspecified atom stereocenters. The van der Waals surface area contributed by atoms with Gasteiger partial charge in [0.25, 0.3) is 0 Å². The zero-order valence-corrected chi connectivity index (χ0v) is 17.5. The Labute approximate surface area is 178 Å². The van der Waals surface area contributed by atoms with Gasteiger partial charge in [-0.05, 0) is 48.6 Å². The first-order chi connectivity index (χ1) is 14.5. The molecule has 1 heterocycles. The quantitative estimate of drug-likeness (QED) is 0.663. The normalized spacial score (nSPS) is 15.4. The molecule has 0 aromatic heterocycles. The summed E-state index contributed by atoms with van der Waals surface area (Å²) in [6.45, 7) is 3.92. The Balaban J connectivity index is 1.40. The molecule has 0 aliphatic carbocycles. The van der Waals surface area contributed by atoms with E-state index in [9.17, 15) is 9.59 Å². The van der Waals surface area contributed by atoms with Crippen LogP contribution in [0.2, 0.25) is 0 Å². The van der Waals surface area contributed by atoms with Crippen LogP contribution >= 0.6 is 0 Å². The summed E-state index contributed by atoms with van der Waals surface area (Å²) >= 11 is 0. The van der Waals surface area contributed by atoms with Gasteiger partial charge in [-0.25, -0.2) is 0 Å². The number of hydrogen-bond donors (Lipinski definition) is 2. The van der Waals surface area contributed by atoms with Gasteiger partial charge in [0.05, 0.1) is 0 Å². The van der Waals surface area contributed by atoms with E-state index in [2.05, 4.69) is 5.32 Å². The van der Waals surface area contributed by atoms with Gasteiger partial charge in [-0.2, -0.15) is 0 Å². The largest absolute Gasteiger partial charge is 0.489 e. The molecule has 1 fully saturated rings. The topological polar surface area (TPSA) is 84.7 Å². The zero-order valence-electron chi connectivity index (χ0n) is 17.5. The fourth-order valence-electron chi connectivity index (χ4n) is 3.74. The minimum absolute atomic E-state index is 0.00604. The van der Waals surface area contributed by atoms with Gasteiger partial charge in [0.2, 0.25) is 11.8 Å². The van der Waals surface area contributed by atoms with Crippen LogP contribution in [0.3, 0.4) is 0 Å². The van der Waals surface area contributed by atoms with Crippen molar-refractivity contribution in [3.63, 3.8) is 0 Å². The fraction of sp³-hybridized carbons (Fsp3) is 0.417. The Hall–Kier alpha value is -3.02.